The molecule has 122 valence electrons. The van der Waals surface area contributed by atoms with Gasteiger partial charge in [-0.05, 0) is 49.7 Å². The van der Waals surface area contributed by atoms with Crippen LogP contribution < -0.4 is 19.5 Å². The zero-order valence-electron chi connectivity index (χ0n) is 13.8. The van der Waals surface area contributed by atoms with Crippen LogP contribution in [-0.2, 0) is 0 Å². The Morgan fingerprint density at radius 3 is 2.43 bits per heavy atom. The van der Waals surface area contributed by atoms with Crippen LogP contribution in [-0.4, -0.2) is 26.7 Å². The van der Waals surface area contributed by atoms with Crippen LogP contribution in [0.1, 0.15) is 22.8 Å². The van der Waals surface area contributed by atoms with E-state index in [0.717, 1.165) is 11.3 Å². The number of benzene rings is 2. The van der Waals surface area contributed by atoms with Gasteiger partial charge >= 0.3 is 0 Å². The number of ether oxygens (including phenoxy) is 3. The summed E-state index contributed by atoms with van der Waals surface area (Å²) in [6.45, 7) is 4.43. The molecule has 0 fully saturated rings. The summed E-state index contributed by atoms with van der Waals surface area (Å²) in [5.74, 6) is 1.78. The number of aryl methyl sites for hydroxylation is 1. The largest absolute Gasteiger partial charge is 0.497 e. The molecule has 0 unspecified atom stereocenters. The summed E-state index contributed by atoms with van der Waals surface area (Å²) < 4.78 is 15.9. The third-order valence-corrected chi connectivity index (χ3v) is 3.39. The Hall–Kier alpha value is -2.69. The Balaban J connectivity index is 2.20. The maximum absolute atomic E-state index is 12.4. The molecule has 5 nitrogen and oxygen atoms in total. The highest BCUT2D eigenvalue weighted by atomic mass is 16.5. The van der Waals surface area contributed by atoms with E-state index in [9.17, 15) is 4.79 Å². The second-order valence-corrected chi connectivity index (χ2v) is 4.93. The van der Waals surface area contributed by atoms with Crippen molar-refractivity contribution in [3.63, 3.8) is 0 Å². The van der Waals surface area contributed by atoms with Gasteiger partial charge in [0, 0.05) is 11.6 Å². The van der Waals surface area contributed by atoms with Crippen molar-refractivity contribution in [1.82, 2.24) is 0 Å². The highest BCUT2D eigenvalue weighted by Crippen LogP contribution is 2.29. The summed E-state index contributed by atoms with van der Waals surface area (Å²) in [6, 6.07) is 10.6. The van der Waals surface area contributed by atoms with Crippen LogP contribution in [0.3, 0.4) is 0 Å². The molecule has 5 heteroatoms. The van der Waals surface area contributed by atoms with Gasteiger partial charge in [0.2, 0.25) is 0 Å². The van der Waals surface area contributed by atoms with Crippen LogP contribution in [0.15, 0.2) is 36.4 Å². The number of hydrogen-bond donors (Lipinski definition) is 1. The van der Waals surface area contributed by atoms with Crippen LogP contribution in [0, 0.1) is 6.92 Å². The second-order valence-electron chi connectivity index (χ2n) is 4.93. The molecule has 1 amide bonds. The summed E-state index contributed by atoms with van der Waals surface area (Å²) in [5.41, 5.74) is 2.06. The van der Waals surface area contributed by atoms with Crippen molar-refractivity contribution >= 4 is 11.6 Å². The molecule has 0 bridgehead atoms. The highest BCUT2D eigenvalue weighted by molar-refractivity contribution is 6.05. The first-order chi connectivity index (χ1) is 11.1. The molecule has 2 aromatic rings. The van der Waals surface area contributed by atoms with Crippen molar-refractivity contribution in [2.45, 2.75) is 13.8 Å². The number of anilines is 1. The van der Waals surface area contributed by atoms with Crippen LogP contribution in [0.4, 0.5) is 5.69 Å². The molecule has 0 aliphatic rings. The monoisotopic (exact) mass is 315 g/mol. The average Bonchev–Trinajstić information content (AvgIpc) is 2.57. The van der Waals surface area contributed by atoms with Gasteiger partial charge in [-0.1, -0.05) is 0 Å². The predicted molar refractivity (Wildman–Crippen MR) is 89.8 cm³/mol. The molecule has 0 radical (unpaired) electrons. The van der Waals surface area contributed by atoms with Gasteiger partial charge in [0.25, 0.3) is 5.91 Å². The van der Waals surface area contributed by atoms with Gasteiger partial charge in [-0.3, -0.25) is 4.79 Å². The lowest BCUT2D eigenvalue weighted by molar-refractivity contribution is 0.102. The van der Waals surface area contributed by atoms with Gasteiger partial charge in [-0.25, -0.2) is 0 Å². The van der Waals surface area contributed by atoms with Gasteiger partial charge in [-0.15, -0.1) is 0 Å². The Morgan fingerprint density at radius 2 is 1.83 bits per heavy atom. The molecule has 0 spiro atoms. The van der Waals surface area contributed by atoms with E-state index < -0.39 is 0 Å². The Bertz CT molecular complexity index is 697. The first kappa shape index (κ1) is 16.7. The highest BCUT2D eigenvalue weighted by Gasteiger charge is 2.12. The lowest BCUT2D eigenvalue weighted by Gasteiger charge is -2.13. The van der Waals surface area contributed by atoms with Crippen molar-refractivity contribution in [1.29, 1.82) is 0 Å². The van der Waals surface area contributed by atoms with Crippen molar-refractivity contribution in [3.8, 4) is 17.2 Å². The zero-order chi connectivity index (χ0) is 16.8. The van der Waals surface area contributed by atoms with Gasteiger partial charge in [0.05, 0.1) is 26.5 Å². The molecule has 2 rings (SSSR count). The molecular formula is C18H21NO4. The van der Waals surface area contributed by atoms with Crippen LogP contribution >= 0.6 is 0 Å². The van der Waals surface area contributed by atoms with Gasteiger partial charge in [0.1, 0.15) is 17.2 Å². The number of methoxy groups -OCH3 is 2. The number of hydrogen-bond acceptors (Lipinski definition) is 4. The predicted octanol–water partition coefficient (Wildman–Crippen LogP) is 3.66. The maximum atomic E-state index is 12.4. The smallest absolute Gasteiger partial charge is 0.255 e. The summed E-state index contributed by atoms with van der Waals surface area (Å²) in [7, 11) is 3.13. The van der Waals surface area contributed by atoms with Crippen molar-refractivity contribution in [2.24, 2.45) is 0 Å². The normalized spacial score (nSPS) is 10.1. The molecule has 1 N–H and O–H groups in total. The fraction of sp³-hybridized carbons (Fsp3) is 0.278. The summed E-state index contributed by atoms with van der Waals surface area (Å²) in [4.78, 5) is 12.4. The lowest BCUT2D eigenvalue weighted by atomic mass is 10.1. The van der Waals surface area contributed by atoms with Gasteiger partial charge in [0.15, 0.2) is 0 Å². The van der Waals surface area contributed by atoms with E-state index in [0.29, 0.717) is 29.4 Å². The molecule has 0 heterocycles. The number of amides is 1. The molecule has 23 heavy (non-hydrogen) atoms. The summed E-state index contributed by atoms with van der Waals surface area (Å²) in [5, 5.41) is 2.85. The van der Waals surface area contributed by atoms with Crippen molar-refractivity contribution in [2.75, 3.05) is 26.1 Å². The molecule has 0 atom stereocenters. The van der Waals surface area contributed by atoms with Crippen LogP contribution in [0.2, 0.25) is 0 Å². The first-order valence-electron chi connectivity index (χ1n) is 7.35. The minimum atomic E-state index is -0.209. The SMILES string of the molecule is CCOc1ccc(C(=O)Nc2ccc(OC)cc2OC)cc1C. The Morgan fingerprint density at radius 1 is 1.04 bits per heavy atom. The van der Waals surface area contributed by atoms with Crippen LogP contribution in [0.5, 0.6) is 17.2 Å². The summed E-state index contributed by atoms with van der Waals surface area (Å²) >= 11 is 0. The second kappa shape index (κ2) is 7.54. The maximum Gasteiger partial charge on any atom is 0.255 e. The molecule has 2 aromatic carbocycles. The lowest BCUT2D eigenvalue weighted by Crippen LogP contribution is -2.13. The Labute approximate surface area is 136 Å². The minimum Gasteiger partial charge on any atom is -0.497 e. The number of carbonyl (C=O) groups is 1. The van der Waals surface area contributed by atoms with E-state index in [4.69, 9.17) is 14.2 Å². The van der Waals surface area contributed by atoms with Gasteiger partial charge in [-0.2, -0.15) is 0 Å². The molecule has 0 aliphatic carbocycles. The van der Waals surface area contributed by atoms with E-state index in [1.54, 1.807) is 50.6 Å². The zero-order valence-corrected chi connectivity index (χ0v) is 13.8. The van der Waals surface area contributed by atoms with Crippen molar-refractivity contribution < 1.29 is 19.0 Å². The van der Waals surface area contributed by atoms with E-state index in [-0.39, 0.29) is 5.91 Å². The fourth-order valence-corrected chi connectivity index (χ4v) is 2.20. The van der Waals surface area contributed by atoms with Gasteiger partial charge < -0.3 is 19.5 Å². The third kappa shape index (κ3) is 3.94. The third-order valence-electron chi connectivity index (χ3n) is 3.39. The fourth-order valence-electron chi connectivity index (χ4n) is 2.20. The number of nitrogens with one attached hydrogen (secondary N) is 1. The van der Waals surface area contributed by atoms with E-state index in [2.05, 4.69) is 5.32 Å². The number of carbonyl (C=O) groups excluding carboxylic acids is 1. The van der Waals surface area contributed by atoms with Crippen LogP contribution in [0.25, 0.3) is 0 Å². The first-order valence-corrected chi connectivity index (χ1v) is 7.35. The standard InChI is InChI=1S/C18H21NO4/c1-5-23-16-9-6-13(10-12(16)2)18(20)19-15-8-7-14(21-3)11-17(15)22-4/h6-11H,5H2,1-4H3,(H,19,20). The minimum absolute atomic E-state index is 0.209. The van der Waals surface area contributed by atoms with E-state index >= 15 is 0 Å². The quantitative estimate of drug-likeness (QED) is 0.884. The van der Waals surface area contributed by atoms with E-state index in [1.165, 1.54) is 0 Å². The Kier molecular flexibility index (Phi) is 5.46. The summed E-state index contributed by atoms with van der Waals surface area (Å²) in [6.07, 6.45) is 0. The topological polar surface area (TPSA) is 56.8 Å². The number of rotatable bonds is 6. The molecule has 0 aromatic heterocycles. The molecule has 0 aliphatic heterocycles. The molecule has 0 saturated carbocycles. The molecular weight excluding hydrogens is 294 g/mol. The van der Waals surface area contributed by atoms with Crippen molar-refractivity contribution in [3.05, 3.63) is 47.5 Å². The molecule has 0 saturated heterocycles. The van der Waals surface area contributed by atoms with E-state index in [1.807, 2.05) is 13.8 Å². The average molecular weight is 315 g/mol.